The van der Waals surface area contributed by atoms with Crippen LogP contribution in [0.5, 0.6) is 0 Å². The number of sulfone groups is 1. The van der Waals surface area contributed by atoms with Crippen LogP contribution in [-0.4, -0.2) is 26.6 Å². The minimum Gasteiger partial charge on any atom is -0.352 e. The lowest BCUT2D eigenvalue weighted by molar-refractivity contribution is 0.0951. The molecule has 0 saturated carbocycles. The van der Waals surface area contributed by atoms with Crippen LogP contribution < -0.4 is 5.32 Å². The van der Waals surface area contributed by atoms with Crippen LogP contribution in [0.25, 0.3) is 0 Å². The molecule has 2 rings (SSSR count). The highest BCUT2D eigenvalue weighted by atomic mass is 32.2. The van der Waals surface area contributed by atoms with Crippen LogP contribution in [0, 0.1) is 0 Å². The zero-order valence-corrected chi connectivity index (χ0v) is 14.0. The van der Waals surface area contributed by atoms with E-state index in [0.29, 0.717) is 13.0 Å². The number of hydrogen-bond donors (Lipinski definition) is 1. The van der Waals surface area contributed by atoms with Gasteiger partial charge >= 0.3 is 0 Å². The topological polar surface area (TPSA) is 63.2 Å². The number of benzene rings is 1. The molecule has 0 radical (unpaired) electrons. The van der Waals surface area contributed by atoms with Gasteiger partial charge in [-0.1, -0.05) is 25.1 Å². The third-order valence-electron chi connectivity index (χ3n) is 3.18. The van der Waals surface area contributed by atoms with Gasteiger partial charge < -0.3 is 5.32 Å². The Labute approximate surface area is 135 Å². The summed E-state index contributed by atoms with van der Waals surface area (Å²) >= 11 is 1.64. The van der Waals surface area contributed by atoms with Gasteiger partial charge in [-0.25, -0.2) is 8.42 Å². The molecular weight excluding hydrogens is 318 g/mol. The zero-order chi connectivity index (χ0) is 16.0. The predicted molar refractivity (Wildman–Crippen MR) is 89.1 cm³/mol. The number of carbonyl (C=O) groups excluding carboxylic acids is 1. The minimum atomic E-state index is -3.41. The van der Waals surface area contributed by atoms with Crippen LogP contribution in [0.3, 0.4) is 0 Å². The molecule has 0 bridgehead atoms. The fourth-order valence-electron chi connectivity index (χ4n) is 2.15. The first-order valence-electron chi connectivity index (χ1n) is 7.17. The zero-order valence-electron chi connectivity index (χ0n) is 12.4. The summed E-state index contributed by atoms with van der Waals surface area (Å²) in [6, 6.07) is 10.4. The van der Waals surface area contributed by atoms with Gasteiger partial charge in [0.2, 0.25) is 0 Å². The lowest BCUT2D eigenvalue weighted by Gasteiger charge is -2.10. The molecule has 0 atom stereocenters. The third-order valence-corrected chi connectivity index (χ3v) is 6.08. The summed E-state index contributed by atoms with van der Waals surface area (Å²) < 4.78 is 24.5. The molecule has 0 unspecified atom stereocenters. The molecule has 0 saturated heterocycles. The molecule has 1 aromatic heterocycles. The van der Waals surface area contributed by atoms with Crippen molar-refractivity contribution in [1.29, 1.82) is 0 Å². The highest BCUT2D eigenvalue weighted by molar-refractivity contribution is 7.91. The van der Waals surface area contributed by atoms with Crippen LogP contribution in [-0.2, 0) is 16.3 Å². The number of thiophene rings is 1. The van der Waals surface area contributed by atoms with Crippen molar-refractivity contribution in [2.45, 2.75) is 24.7 Å². The maximum absolute atomic E-state index is 12.3. The summed E-state index contributed by atoms with van der Waals surface area (Å²) in [7, 11) is -3.41. The molecule has 0 aliphatic carbocycles. The van der Waals surface area contributed by atoms with Crippen LogP contribution in [0.2, 0.25) is 0 Å². The number of rotatable bonds is 7. The number of hydrogen-bond acceptors (Lipinski definition) is 4. The van der Waals surface area contributed by atoms with E-state index >= 15 is 0 Å². The smallest absolute Gasteiger partial charge is 0.252 e. The third kappa shape index (κ3) is 4.18. The van der Waals surface area contributed by atoms with Crippen molar-refractivity contribution in [1.82, 2.24) is 5.32 Å². The fraction of sp³-hybridized carbons (Fsp3) is 0.312. The summed E-state index contributed by atoms with van der Waals surface area (Å²) in [5, 5.41) is 4.78. The second-order valence-corrected chi connectivity index (χ2v) is 8.01. The summed E-state index contributed by atoms with van der Waals surface area (Å²) in [6.07, 6.45) is 1.27. The molecule has 2 aromatic rings. The van der Waals surface area contributed by atoms with Crippen molar-refractivity contribution in [3.05, 3.63) is 52.2 Å². The van der Waals surface area contributed by atoms with Gasteiger partial charge in [-0.05, 0) is 36.4 Å². The SMILES string of the molecule is CCCS(=O)(=O)c1ccccc1C(=O)NCCc1cccs1. The van der Waals surface area contributed by atoms with E-state index in [0.717, 1.165) is 6.42 Å². The Morgan fingerprint density at radius 2 is 1.95 bits per heavy atom. The van der Waals surface area contributed by atoms with Gasteiger partial charge in [-0.15, -0.1) is 11.3 Å². The van der Waals surface area contributed by atoms with Crippen molar-refractivity contribution in [3.8, 4) is 0 Å². The van der Waals surface area contributed by atoms with Crippen molar-refractivity contribution in [2.75, 3.05) is 12.3 Å². The van der Waals surface area contributed by atoms with E-state index in [-0.39, 0.29) is 22.1 Å². The second-order valence-electron chi connectivity index (χ2n) is 4.90. The summed E-state index contributed by atoms with van der Waals surface area (Å²) in [5.74, 6) is -0.293. The molecule has 1 heterocycles. The maximum Gasteiger partial charge on any atom is 0.252 e. The molecule has 4 nitrogen and oxygen atoms in total. The standard InChI is InChI=1S/C16H19NO3S2/c1-2-12-22(19,20)15-8-4-3-7-14(15)16(18)17-10-9-13-6-5-11-21-13/h3-8,11H,2,9-10,12H2,1H3,(H,17,18). The summed E-state index contributed by atoms with van der Waals surface area (Å²) in [5.41, 5.74) is 0.224. The Hall–Kier alpha value is -1.66. The highest BCUT2D eigenvalue weighted by Crippen LogP contribution is 2.18. The van der Waals surface area contributed by atoms with Crippen LogP contribution in [0.4, 0.5) is 0 Å². The predicted octanol–water partition coefficient (Wildman–Crippen LogP) is 2.90. The van der Waals surface area contributed by atoms with Gasteiger partial charge in [-0.3, -0.25) is 4.79 Å². The van der Waals surface area contributed by atoms with Gasteiger partial charge in [-0.2, -0.15) is 0 Å². The monoisotopic (exact) mass is 337 g/mol. The lowest BCUT2D eigenvalue weighted by atomic mass is 10.2. The molecule has 0 fully saturated rings. The van der Waals surface area contributed by atoms with Gasteiger partial charge in [0, 0.05) is 11.4 Å². The van der Waals surface area contributed by atoms with E-state index < -0.39 is 9.84 Å². The van der Waals surface area contributed by atoms with Crippen molar-refractivity contribution < 1.29 is 13.2 Å². The molecule has 22 heavy (non-hydrogen) atoms. The van der Waals surface area contributed by atoms with E-state index in [1.54, 1.807) is 36.5 Å². The molecule has 118 valence electrons. The molecule has 0 aliphatic rings. The van der Waals surface area contributed by atoms with Crippen LogP contribution >= 0.6 is 11.3 Å². The average molecular weight is 337 g/mol. The number of carbonyl (C=O) groups is 1. The van der Waals surface area contributed by atoms with E-state index in [1.165, 1.54) is 10.9 Å². The second kappa shape index (κ2) is 7.56. The molecule has 0 aliphatic heterocycles. The van der Waals surface area contributed by atoms with E-state index in [9.17, 15) is 13.2 Å². The summed E-state index contributed by atoms with van der Waals surface area (Å²) in [4.78, 5) is 13.6. The van der Waals surface area contributed by atoms with E-state index in [4.69, 9.17) is 0 Å². The fourth-order valence-corrected chi connectivity index (χ4v) is 4.40. The van der Waals surface area contributed by atoms with Crippen molar-refractivity contribution in [2.24, 2.45) is 0 Å². The first kappa shape index (κ1) is 16.7. The molecule has 1 amide bonds. The Balaban J connectivity index is 2.09. The molecule has 6 heteroatoms. The molecule has 1 aromatic carbocycles. The first-order valence-corrected chi connectivity index (χ1v) is 9.70. The normalized spacial score (nSPS) is 11.3. The van der Waals surface area contributed by atoms with Crippen LogP contribution in [0.1, 0.15) is 28.6 Å². The molecular formula is C16H19NO3S2. The Morgan fingerprint density at radius 3 is 2.64 bits per heavy atom. The Morgan fingerprint density at radius 1 is 1.18 bits per heavy atom. The first-order chi connectivity index (χ1) is 10.5. The number of nitrogens with one attached hydrogen (secondary N) is 1. The molecule has 1 N–H and O–H groups in total. The Bertz CT molecular complexity index is 722. The highest BCUT2D eigenvalue weighted by Gasteiger charge is 2.21. The maximum atomic E-state index is 12.3. The number of amides is 1. The summed E-state index contributed by atoms with van der Waals surface area (Å²) in [6.45, 7) is 2.29. The Kier molecular flexibility index (Phi) is 5.74. The van der Waals surface area contributed by atoms with E-state index in [2.05, 4.69) is 5.32 Å². The van der Waals surface area contributed by atoms with Crippen LogP contribution in [0.15, 0.2) is 46.7 Å². The minimum absolute atomic E-state index is 0.0481. The van der Waals surface area contributed by atoms with Crippen molar-refractivity contribution >= 4 is 27.1 Å². The van der Waals surface area contributed by atoms with Gasteiger partial charge in [0.1, 0.15) is 0 Å². The van der Waals surface area contributed by atoms with Crippen molar-refractivity contribution in [3.63, 3.8) is 0 Å². The quantitative estimate of drug-likeness (QED) is 0.845. The van der Waals surface area contributed by atoms with E-state index in [1.807, 2.05) is 17.5 Å². The van der Waals surface area contributed by atoms with Gasteiger partial charge in [0.05, 0.1) is 16.2 Å². The average Bonchev–Trinajstić information content (AvgIpc) is 3.00. The van der Waals surface area contributed by atoms with Gasteiger partial charge in [0.25, 0.3) is 5.91 Å². The molecule has 0 spiro atoms. The lowest BCUT2D eigenvalue weighted by Crippen LogP contribution is -2.27. The largest absolute Gasteiger partial charge is 0.352 e. The van der Waals surface area contributed by atoms with Gasteiger partial charge in [0.15, 0.2) is 9.84 Å².